The average Bonchev–Trinajstić information content (AvgIpc) is 3.92. The maximum atomic E-state index is 9.41. The van der Waals surface area contributed by atoms with Gasteiger partial charge in [-0.2, -0.15) is 0 Å². The molecule has 2 atom stereocenters. The van der Waals surface area contributed by atoms with Crippen LogP contribution in [0.4, 0.5) is 0 Å². The van der Waals surface area contributed by atoms with Crippen LogP contribution in [0, 0.1) is 0 Å². The van der Waals surface area contributed by atoms with Crippen molar-refractivity contribution in [2.24, 2.45) is 0 Å². The van der Waals surface area contributed by atoms with Gasteiger partial charge in [0.2, 0.25) is 0 Å². The first-order valence-corrected chi connectivity index (χ1v) is 41.1. The SMILES string of the molecule is CCCC1=Cc2c(-c3ccccc3[Si](C)(C)C)cccc2[CH]1[Zr]([Cl])([Cl])([c]1cccc2c1[SiH2]c1ccccc1-2)[CH]1C(CCC)=Cc2c(-c3ccccc3[Si](C)(C)C)cccc21. The fourth-order valence-electron chi connectivity index (χ4n) is 11.5. The number of benzene rings is 6. The van der Waals surface area contributed by atoms with Crippen molar-refractivity contribution in [1.29, 1.82) is 0 Å². The summed E-state index contributed by atoms with van der Waals surface area (Å²) in [6.45, 7) is 19.5. The number of rotatable bonds is 11. The van der Waals surface area contributed by atoms with Crippen molar-refractivity contribution < 1.29 is 16.4 Å². The van der Waals surface area contributed by atoms with Gasteiger partial charge in [-0.3, -0.25) is 0 Å². The summed E-state index contributed by atoms with van der Waals surface area (Å²) in [6.07, 6.45) is 9.15. The Hall–Kier alpha value is -3.09. The first-order chi connectivity index (χ1) is 28.7. The molecule has 0 spiro atoms. The van der Waals surface area contributed by atoms with Crippen LogP contribution in [0.25, 0.3) is 45.5 Å². The predicted octanol–water partition coefficient (Wildman–Crippen LogP) is 12.7. The Balaban J connectivity index is 1.37. The van der Waals surface area contributed by atoms with Crippen molar-refractivity contribution in [3.05, 3.63) is 161 Å². The Morgan fingerprint density at radius 2 is 0.900 bits per heavy atom. The van der Waals surface area contributed by atoms with Gasteiger partial charge < -0.3 is 0 Å². The van der Waals surface area contributed by atoms with E-state index in [4.69, 9.17) is 0 Å². The van der Waals surface area contributed by atoms with Crippen molar-refractivity contribution in [3.63, 3.8) is 0 Å². The third-order valence-corrected chi connectivity index (χ3v) is 40.7. The van der Waals surface area contributed by atoms with Crippen molar-refractivity contribution in [3.8, 4) is 33.4 Å². The quantitative estimate of drug-likeness (QED) is 0.113. The van der Waals surface area contributed by atoms with Crippen LogP contribution in [0.1, 0.15) is 69.0 Å². The first kappa shape index (κ1) is 42.2. The van der Waals surface area contributed by atoms with Gasteiger partial charge in [-0.05, 0) is 0 Å². The predicted molar refractivity (Wildman–Crippen MR) is 272 cm³/mol. The zero-order chi connectivity index (χ0) is 42.2. The molecule has 0 aromatic heterocycles. The van der Waals surface area contributed by atoms with Crippen LogP contribution in [-0.4, -0.2) is 25.7 Å². The standard InChI is InChI=1S/2C21H25Si.C12H9Si.2ClH.Zr/c2*1-5-9-16-14-17-10-8-12-18(20(17)15-16)19-11-6-7-13-21(19)22(2,3)4;1-3-7-11-9(5-1)10-6-2-4-8-12(10)13-11;;;/h2*6-8,10-15H,5,9H2,1-4H3;1-7H,13H2;2*1H;/q;;;;;+2/p-2. The van der Waals surface area contributed by atoms with Crippen LogP contribution in [0.15, 0.2) is 139 Å². The van der Waals surface area contributed by atoms with Crippen molar-refractivity contribution >= 4 is 78.9 Å². The molecular formula is C54H59Cl2Si3Zr. The van der Waals surface area contributed by atoms with Crippen LogP contribution >= 0.6 is 17.0 Å². The Morgan fingerprint density at radius 3 is 1.38 bits per heavy atom. The molecule has 6 aromatic rings. The summed E-state index contributed by atoms with van der Waals surface area (Å²) in [4.78, 5) is 0. The summed E-state index contributed by atoms with van der Waals surface area (Å²) in [5, 5.41) is 6.00. The molecule has 0 nitrogen and oxygen atoms in total. The molecule has 0 bridgehead atoms. The van der Waals surface area contributed by atoms with E-state index >= 15 is 0 Å². The molecule has 305 valence electrons. The van der Waals surface area contributed by atoms with Gasteiger partial charge in [-0.25, -0.2) is 0 Å². The average molecular weight is 954 g/mol. The second kappa shape index (κ2) is 15.6. The Morgan fingerprint density at radius 1 is 0.483 bits per heavy atom. The number of hydrogen-bond acceptors (Lipinski definition) is 0. The molecule has 0 radical (unpaired) electrons. The molecule has 2 unspecified atom stereocenters. The summed E-state index contributed by atoms with van der Waals surface area (Å²) in [5.41, 5.74) is 16.4. The second-order valence-electron chi connectivity index (χ2n) is 19.8. The van der Waals surface area contributed by atoms with Crippen molar-refractivity contribution in [2.75, 3.05) is 0 Å². The van der Waals surface area contributed by atoms with Crippen molar-refractivity contribution in [1.82, 2.24) is 0 Å². The van der Waals surface area contributed by atoms with Gasteiger partial charge in [0, 0.05) is 0 Å². The van der Waals surface area contributed by atoms with E-state index in [2.05, 4.69) is 193 Å². The van der Waals surface area contributed by atoms with Gasteiger partial charge in [0.1, 0.15) is 0 Å². The topological polar surface area (TPSA) is 0 Å². The fourth-order valence-corrected chi connectivity index (χ4v) is 42.7. The molecule has 60 heavy (non-hydrogen) atoms. The van der Waals surface area contributed by atoms with E-state index in [9.17, 15) is 17.0 Å². The Bertz CT molecular complexity index is 2610. The molecule has 3 aliphatic rings. The zero-order valence-corrected chi connectivity index (χ0v) is 44.1. The minimum absolute atomic E-state index is 0.0675. The monoisotopic (exact) mass is 951 g/mol. The summed E-state index contributed by atoms with van der Waals surface area (Å²) in [6, 6.07) is 48.7. The molecule has 0 amide bonds. The molecule has 0 N–H and O–H groups in total. The summed E-state index contributed by atoms with van der Waals surface area (Å²) < 4.78 is 1.18. The van der Waals surface area contributed by atoms with E-state index in [0.29, 0.717) is 0 Å². The van der Waals surface area contributed by atoms with Crippen LogP contribution in [0.5, 0.6) is 0 Å². The normalized spacial score (nSPS) is 18.0. The van der Waals surface area contributed by atoms with Gasteiger partial charge in [0.15, 0.2) is 0 Å². The number of fused-ring (bicyclic) bond motifs is 5. The van der Waals surface area contributed by atoms with Gasteiger partial charge in [-0.15, -0.1) is 0 Å². The summed E-state index contributed by atoms with van der Waals surface area (Å²) >= 11 is -5.62. The number of hydrogen-bond donors (Lipinski definition) is 0. The molecule has 6 heteroatoms. The van der Waals surface area contributed by atoms with Crippen LogP contribution < -0.4 is 24.0 Å². The summed E-state index contributed by atoms with van der Waals surface area (Å²) in [7, 11) is 14.6. The van der Waals surface area contributed by atoms with Gasteiger partial charge in [0.25, 0.3) is 0 Å². The molecule has 0 saturated heterocycles. The number of allylic oxidation sites excluding steroid dienone is 2. The van der Waals surface area contributed by atoms with E-state index < -0.39 is 42.1 Å². The molecular weight excluding hydrogens is 895 g/mol. The van der Waals surface area contributed by atoms with Crippen LogP contribution in [0.3, 0.4) is 0 Å². The zero-order valence-electron chi connectivity index (χ0n) is 36.7. The molecule has 1 aliphatic heterocycles. The molecule has 0 fully saturated rings. The van der Waals surface area contributed by atoms with Gasteiger partial charge in [0.05, 0.1) is 0 Å². The third-order valence-electron chi connectivity index (χ3n) is 13.9. The first-order valence-electron chi connectivity index (χ1n) is 22.3. The molecule has 0 saturated carbocycles. The minimum atomic E-state index is -5.62. The fraction of sp³-hybridized carbons (Fsp3) is 0.259. The molecule has 2 aliphatic carbocycles. The third kappa shape index (κ3) is 6.74. The van der Waals surface area contributed by atoms with Crippen LogP contribution in [0.2, 0.25) is 39.3 Å². The Labute approximate surface area is 372 Å². The van der Waals surface area contributed by atoms with Crippen molar-refractivity contribution in [2.45, 2.75) is 86.1 Å². The molecule has 6 aromatic carbocycles. The van der Waals surface area contributed by atoms with Gasteiger partial charge >= 0.3 is 375 Å². The van der Waals surface area contributed by atoms with E-state index in [1.165, 1.54) is 90.8 Å². The summed E-state index contributed by atoms with van der Waals surface area (Å²) in [5.74, 6) is 0. The van der Waals surface area contributed by atoms with E-state index in [-0.39, 0.29) is 7.25 Å². The Kier molecular flexibility index (Phi) is 11.0. The second-order valence-corrected chi connectivity index (χ2v) is 52.3. The number of halogens is 2. The molecule has 1 heterocycles. The van der Waals surface area contributed by atoms with Crippen LogP contribution in [-0.2, 0) is 16.4 Å². The molecule has 9 rings (SSSR count). The maximum absolute atomic E-state index is 9.41. The van der Waals surface area contributed by atoms with E-state index in [1.54, 1.807) is 0 Å². The van der Waals surface area contributed by atoms with E-state index in [1.807, 2.05) is 0 Å². The van der Waals surface area contributed by atoms with E-state index in [0.717, 1.165) is 25.7 Å². The van der Waals surface area contributed by atoms with Gasteiger partial charge in [-0.1, -0.05) is 0 Å².